The summed E-state index contributed by atoms with van der Waals surface area (Å²) in [4.78, 5) is 14.2. The second-order valence-electron chi connectivity index (χ2n) is 5.20. The number of nitrogens with one attached hydrogen (secondary N) is 1. The Morgan fingerprint density at radius 1 is 1.36 bits per heavy atom. The van der Waals surface area contributed by atoms with Gasteiger partial charge in [-0.25, -0.2) is 0 Å². The molecule has 0 radical (unpaired) electrons. The second-order valence-corrected chi connectivity index (χ2v) is 5.20. The van der Waals surface area contributed by atoms with Crippen LogP contribution in [0.2, 0.25) is 0 Å². The van der Waals surface area contributed by atoms with E-state index in [1.807, 2.05) is 0 Å². The molecule has 2 aliphatic heterocycles. The van der Waals surface area contributed by atoms with Crippen molar-refractivity contribution in [2.45, 2.75) is 25.7 Å². The minimum Gasteiger partial charge on any atom is -0.342 e. The van der Waals surface area contributed by atoms with Gasteiger partial charge in [-0.1, -0.05) is 0 Å². The molecule has 1 unspecified atom stereocenters. The SMILES string of the molecule is O=C(C1CCNC1)N1CCC2(CC2)C1. The Labute approximate surface area is 84.8 Å². The third-order valence-corrected chi connectivity index (χ3v) is 4.12. The fourth-order valence-electron chi connectivity index (χ4n) is 2.83. The number of amides is 1. The molecule has 1 atom stereocenters. The first-order chi connectivity index (χ1) is 6.79. The molecule has 1 N–H and O–H groups in total. The lowest BCUT2D eigenvalue weighted by Crippen LogP contribution is -2.35. The smallest absolute Gasteiger partial charge is 0.227 e. The summed E-state index contributed by atoms with van der Waals surface area (Å²) in [5, 5.41) is 3.27. The van der Waals surface area contributed by atoms with E-state index in [1.165, 1.54) is 19.3 Å². The minimum absolute atomic E-state index is 0.281. The van der Waals surface area contributed by atoms with Crippen molar-refractivity contribution in [3.05, 3.63) is 0 Å². The lowest BCUT2D eigenvalue weighted by Gasteiger charge is -2.19. The number of hydrogen-bond donors (Lipinski definition) is 1. The molecule has 0 aromatic heterocycles. The van der Waals surface area contributed by atoms with Crippen molar-refractivity contribution in [1.82, 2.24) is 10.2 Å². The van der Waals surface area contributed by atoms with Gasteiger partial charge in [-0.2, -0.15) is 0 Å². The van der Waals surface area contributed by atoms with Gasteiger partial charge in [-0.15, -0.1) is 0 Å². The van der Waals surface area contributed by atoms with E-state index in [2.05, 4.69) is 10.2 Å². The number of likely N-dealkylation sites (tertiary alicyclic amines) is 1. The molecular formula is C11H18N2O. The van der Waals surface area contributed by atoms with Gasteiger partial charge < -0.3 is 10.2 Å². The largest absolute Gasteiger partial charge is 0.342 e. The van der Waals surface area contributed by atoms with Crippen molar-refractivity contribution in [2.75, 3.05) is 26.2 Å². The van der Waals surface area contributed by atoms with Gasteiger partial charge >= 0.3 is 0 Å². The quantitative estimate of drug-likeness (QED) is 0.663. The van der Waals surface area contributed by atoms with Gasteiger partial charge in [0.1, 0.15) is 0 Å². The van der Waals surface area contributed by atoms with Crippen LogP contribution in [0.15, 0.2) is 0 Å². The molecule has 1 aliphatic carbocycles. The number of carbonyl (C=O) groups excluding carboxylic acids is 1. The van der Waals surface area contributed by atoms with Gasteiger partial charge in [0.25, 0.3) is 0 Å². The first-order valence-corrected chi connectivity index (χ1v) is 5.79. The lowest BCUT2D eigenvalue weighted by atomic mass is 10.1. The molecule has 3 aliphatic rings. The summed E-state index contributed by atoms with van der Waals surface area (Å²) in [6, 6.07) is 0. The Balaban J connectivity index is 1.62. The van der Waals surface area contributed by atoms with Crippen LogP contribution in [0.5, 0.6) is 0 Å². The predicted molar refractivity (Wildman–Crippen MR) is 53.8 cm³/mol. The Morgan fingerprint density at radius 2 is 2.21 bits per heavy atom. The zero-order valence-corrected chi connectivity index (χ0v) is 8.59. The van der Waals surface area contributed by atoms with E-state index in [0.29, 0.717) is 11.3 Å². The third kappa shape index (κ3) is 1.34. The molecule has 1 saturated carbocycles. The normalized spacial score (nSPS) is 34.0. The Bertz CT molecular complexity index is 254. The van der Waals surface area contributed by atoms with Crippen LogP contribution in [0.4, 0.5) is 0 Å². The molecule has 2 saturated heterocycles. The summed E-state index contributed by atoms with van der Waals surface area (Å²) in [7, 11) is 0. The molecule has 3 fully saturated rings. The van der Waals surface area contributed by atoms with Crippen LogP contribution >= 0.6 is 0 Å². The summed E-state index contributed by atoms with van der Waals surface area (Å²) in [5.74, 6) is 0.697. The number of nitrogens with zero attached hydrogens (tertiary/aromatic N) is 1. The monoisotopic (exact) mass is 194 g/mol. The van der Waals surface area contributed by atoms with Gasteiger partial charge in [0.2, 0.25) is 5.91 Å². The summed E-state index contributed by atoms with van der Waals surface area (Å²) in [5.41, 5.74) is 0.585. The molecule has 78 valence electrons. The number of carbonyl (C=O) groups is 1. The maximum atomic E-state index is 12.0. The van der Waals surface area contributed by atoms with E-state index >= 15 is 0 Å². The maximum absolute atomic E-state index is 12.0. The average Bonchev–Trinajstić information content (AvgIpc) is 2.68. The van der Waals surface area contributed by atoms with E-state index < -0.39 is 0 Å². The highest BCUT2D eigenvalue weighted by molar-refractivity contribution is 5.79. The van der Waals surface area contributed by atoms with Crippen LogP contribution in [0.3, 0.4) is 0 Å². The number of hydrogen-bond acceptors (Lipinski definition) is 2. The minimum atomic E-state index is 0.281. The predicted octanol–water partition coefficient (Wildman–Crippen LogP) is 0.608. The van der Waals surface area contributed by atoms with Crippen LogP contribution < -0.4 is 5.32 Å². The van der Waals surface area contributed by atoms with Crippen molar-refractivity contribution < 1.29 is 4.79 Å². The highest BCUT2D eigenvalue weighted by atomic mass is 16.2. The van der Waals surface area contributed by atoms with Crippen LogP contribution in [0, 0.1) is 11.3 Å². The Morgan fingerprint density at radius 3 is 2.79 bits per heavy atom. The maximum Gasteiger partial charge on any atom is 0.227 e. The van der Waals surface area contributed by atoms with Crippen molar-refractivity contribution in [3.63, 3.8) is 0 Å². The van der Waals surface area contributed by atoms with E-state index in [0.717, 1.165) is 32.6 Å². The number of rotatable bonds is 1. The van der Waals surface area contributed by atoms with Crippen LogP contribution in [0.25, 0.3) is 0 Å². The highest BCUT2D eigenvalue weighted by Crippen LogP contribution is 2.52. The van der Waals surface area contributed by atoms with E-state index in [-0.39, 0.29) is 5.92 Å². The first kappa shape index (κ1) is 8.72. The molecular weight excluding hydrogens is 176 g/mol. The molecule has 0 bridgehead atoms. The van der Waals surface area contributed by atoms with Crippen LogP contribution in [0.1, 0.15) is 25.7 Å². The summed E-state index contributed by atoms with van der Waals surface area (Å²) >= 11 is 0. The third-order valence-electron chi connectivity index (χ3n) is 4.12. The molecule has 14 heavy (non-hydrogen) atoms. The summed E-state index contributed by atoms with van der Waals surface area (Å²) in [6.45, 7) is 4.01. The van der Waals surface area contributed by atoms with Crippen LogP contribution in [-0.2, 0) is 4.79 Å². The van der Waals surface area contributed by atoms with Gasteiger partial charge in [-0.3, -0.25) is 4.79 Å². The van der Waals surface area contributed by atoms with Crippen molar-refractivity contribution in [1.29, 1.82) is 0 Å². The zero-order chi connectivity index (χ0) is 9.60. The van der Waals surface area contributed by atoms with Gasteiger partial charge in [-0.05, 0) is 37.6 Å². The highest BCUT2D eigenvalue weighted by Gasteiger charge is 2.49. The molecule has 1 spiro atoms. The van der Waals surface area contributed by atoms with Crippen molar-refractivity contribution in [3.8, 4) is 0 Å². The Hall–Kier alpha value is -0.570. The van der Waals surface area contributed by atoms with Gasteiger partial charge in [0.05, 0.1) is 5.92 Å². The van der Waals surface area contributed by atoms with Crippen LogP contribution in [-0.4, -0.2) is 37.0 Å². The lowest BCUT2D eigenvalue weighted by molar-refractivity contribution is -0.134. The molecule has 1 amide bonds. The summed E-state index contributed by atoms with van der Waals surface area (Å²) < 4.78 is 0. The zero-order valence-electron chi connectivity index (χ0n) is 8.59. The Kier molecular flexibility index (Phi) is 1.84. The molecule has 3 nitrogen and oxygen atoms in total. The van der Waals surface area contributed by atoms with Crippen molar-refractivity contribution >= 4 is 5.91 Å². The molecule has 3 rings (SSSR count). The first-order valence-electron chi connectivity index (χ1n) is 5.79. The van der Waals surface area contributed by atoms with E-state index in [9.17, 15) is 4.79 Å². The van der Waals surface area contributed by atoms with Crippen molar-refractivity contribution in [2.24, 2.45) is 11.3 Å². The average molecular weight is 194 g/mol. The van der Waals surface area contributed by atoms with E-state index in [4.69, 9.17) is 0 Å². The van der Waals surface area contributed by atoms with Gasteiger partial charge in [0.15, 0.2) is 0 Å². The molecule has 2 heterocycles. The molecule has 3 heteroatoms. The van der Waals surface area contributed by atoms with Gasteiger partial charge in [0, 0.05) is 19.6 Å². The van der Waals surface area contributed by atoms with E-state index in [1.54, 1.807) is 0 Å². The fraction of sp³-hybridized carbons (Fsp3) is 0.909. The summed E-state index contributed by atoms with van der Waals surface area (Å²) in [6.07, 6.45) is 5.03. The second kappa shape index (κ2) is 2.96. The standard InChI is InChI=1S/C11H18N2O/c14-10(9-1-5-12-7-9)13-6-4-11(8-13)2-3-11/h9,12H,1-8H2. The molecule has 0 aromatic rings. The fourth-order valence-corrected chi connectivity index (χ4v) is 2.83. The topological polar surface area (TPSA) is 32.3 Å². The molecule has 0 aromatic carbocycles.